The van der Waals surface area contributed by atoms with Gasteiger partial charge in [0.25, 0.3) is 5.91 Å². The first-order valence-electron chi connectivity index (χ1n) is 7.53. The summed E-state index contributed by atoms with van der Waals surface area (Å²) in [6, 6.07) is 13.5. The summed E-state index contributed by atoms with van der Waals surface area (Å²) >= 11 is 0. The fourth-order valence-electron chi connectivity index (χ4n) is 2.03. The lowest BCUT2D eigenvalue weighted by atomic mass is 10.2. The van der Waals surface area contributed by atoms with Crippen molar-refractivity contribution in [1.82, 2.24) is 0 Å². The second-order valence-corrected chi connectivity index (χ2v) is 7.54. The van der Waals surface area contributed by atoms with Crippen molar-refractivity contribution >= 4 is 27.4 Å². The third kappa shape index (κ3) is 4.91. The van der Waals surface area contributed by atoms with Gasteiger partial charge in [0.05, 0.1) is 22.1 Å². The van der Waals surface area contributed by atoms with E-state index in [-0.39, 0.29) is 10.5 Å². The normalized spacial score (nSPS) is 11.9. The van der Waals surface area contributed by atoms with Crippen LogP contribution in [0.3, 0.4) is 0 Å². The second-order valence-electron chi connectivity index (χ2n) is 5.53. The van der Waals surface area contributed by atoms with Crippen LogP contribution in [-0.2, 0) is 19.4 Å². The van der Waals surface area contributed by atoms with Gasteiger partial charge in [0.2, 0.25) is 0 Å². The molecular formula is C18H16N2O5S. The first-order valence-corrected chi connectivity index (χ1v) is 9.42. The van der Waals surface area contributed by atoms with E-state index < -0.39 is 27.8 Å². The number of nitriles is 1. The molecule has 0 heterocycles. The average molecular weight is 372 g/mol. The number of ether oxygens (including phenoxy) is 1. The van der Waals surface area contributed by atoms with Crippen molar-refractivity contribution in [3.63, 3.8) is 0 Å². The number of hydrogen-bond donors (Lipinski definition) is 1. The number of benzene rings is 2. The van der Waals surface area contributed by atoms with Crippen LogP contribution in [0.25, 0.3) is 0 Å². The molecule has 134 valence electrons. The minimum Gasteiger partial charge on any atom is -0.449 e. The van der Waals surface area contributed by atoms with Crippen molar-refractivity contribution in [1.29, 1.82) is 5.26 Å². The molecule has 0 aromatic heterocycles. The SMILES string of the molecule is CC(OC(=O)c1ccc(S(C)(=O)=O)cc1)C(=O)Nc1cccc(C#N)c1. The quantitative estimate of drug-likeness (QED) is 0.805. The zero-order valence-electron chi connectivity index (χ0n) is 14.1. The van der Waals surface area contributed by atoms with Gasteiger partial charge in [-0.3, -0.25) is 4.79 Å². The van der Waals surface area contributed by atoms with Gasteiger partial charge >= 0.3 is 5.97 Å². The summed E-state index contributed by atoms with van der Waals surface area (Å²) in [6.45, 7) is 1.41. The monoisotopic (exact) mass is 372 g/mol. The lowest BCUT2D eigenvalue weighted by molar-refractivity contribution is -0.123. The Balaban J connectivity index is 2.01. The Kier molecular flexibility index (Phi) is 5.75. The number of nitrogens with one attached hydrogen (secondary N) is 1. The fraction of sp³-hybridized carbons (Fsp3) is 0.167. The van der Waals surface area contributed by atoms with Gasteiger partial charge in [-0.25, -0.2) is 13.2 Å². The van der Waals surface area contributed by atoms with Crippen molar-refractivity contribution in [3.8, 4) is 6.07 Å². The van der Waals surface area contributed by atoms with Crippen LogP contribution >= 0.6 is 0 Å². The summed E-state index contributed by atoms with van der Waals surface area (Å²) in [6.07, 6.45) is -0.0172. The number of sulfone groups is 1. The highest BCUT2D eigenvalue weighted by Gasteiger charge is 2.19. The lowest BCUT2D eigenvalue weighted by Gasteiger charge is -2.14. The largest absolute Gasteiger partial charge is 0.449 e. The molecule has 0 spiro atoms. The van der Waals surface area contributed by atoms with Gasteiger partial charge in [-0.15, -0.1) is 0 Å². The molecule has 1 unspecified atom stereocenters. The van der Waals surface area contributed by atoms with Gasteiger partial charge in [-0.1, -0.05) is 6.07 Å². The maximum atomic E-state index is 12.1. The van der Waals surface area contributed by atoms with E-state index in [0.717, 1.165) is 6.26 Å². The Hall–Kier alpha value is -3.18. The van der Waals surface area contributed by atoms with Crippen LogP contribution < -0.4 is 5.32 Å². The Morgan fingerprint density at radius 1 is 1.15 bits per heavy atom. The zero-order valence-corrected chi connectivity index (χ0v) is 14.9. The molecule has 0 saturated heterocycles. The van der Waals surface area contributed by atoms with Crippen LogP contribution in [0.4, 0.5) is 5.69 Å². The number of nitrogens with zero attached hydrogens (tertiary/aromatic N) is 1. The Morgan fingerprint density at radius 2 is 1.81 bits per heavy atom. The van der Waals surface area contributed by atoms with Crippen LogP contribution in [0.5, 0.6) is 0 Å². The Labute approximate surface area is 151 Å². The molecule has 1 amide bonds. The number of amides is 1. The Morgan fingerprint density at radius 3 is 2.38 bits per heavy atom. The summed E-state index contributed by atoms with van der Waals surface area (Å²) in [5.41, 5.74) is 0.927. The lowest BCUT2D eigenvalue weighted by Crippen LogP contribution is -2.30. The van der Waals surface area contributed by atoms with Crippen molar-refractivity contribution in [2.45, 2.75) is 17.9 Å². The van der Waals surface area contributed by atoms with Crippen molar-refractivity contribution in [2.75, 3.05) is 11.6 Å². The predicted molar refractivity (Wildman–Crippen MR) is 94.2 cm³/mol. The third-order valence-corrected chi connectivity index (χ3v) is 4.56. The number of anilines is 1. The third-order valence-electron chi connectivity index (χ3n) is 3.43. The molecule has 7 nitrogen and oxygen atoms in total. The molecule has 0 aliphatic heterocycles. The zero-order chi connectivity index (χ0) is 19.3. The molecule has 2 aromatic rings. The van der Waals surface area contributed by atoms with Crippen molar-refractivity contribution in [3.05, 3.63) is 59.7 Å². The van der Waals surface area contributed by atoms with E-state index in [1.165, 1.54) is 37.3 Å². The maximum Gasteiger partial charge on any atom is 0.338 e. The molecular weight excluding hydrogens is 356 g/mol. The summed E-state index contributed by atoms with van der Waals surface area (Å²) in [7, 11) is -3.36. The molecule has 2 rings (SSSR count). The second kappa shape index (κ2) is 7.80. The van der Waals surface area contributed by atoms with Gasteiger partial charge in [0.15, 0.2) is 15.9 Å². The van der Waals surface area contributed by atoms with Crippen LogP contribution in [0, 0.1) is 11.3 Å². The number of carbonyl (C=O) groups is 2. The number of esters is 1. The smallest absolute Gasteiger partial charge is 0.338 e. The number of hydrogen-bond acceptors (Lipinski definition) is 6. The van der Waals surface area contributed by atoms with Gasteiger partial charge in [-0.2, -0.15) is 5.26 Å². The van der Waals surface area contributed by atoms with Crippen molar-refractivity contribution in [2.24, 2.45) is 0 Å². The molecule has 0 bridgehead atoms. The highest BCUT2D eigenvalue weighted by molar-refractivity contribution is 7.90. The summed E-state index contributed by atoms with van der Waals surface area (Å²) < 4.78 is 27.9. The molecule has 8 heteroatoms. The number of rotatable bonds is 5. The van der Waals surface area contributed by atoms with E-state index in [9.17, 15) is 18.0 Å². The standard InChI is InChI=1S/C18H16N2O5S/c1-12(17(21)20-15-5-3-4-13(10-15)11-19)25-18(22)14-6-8-16(9-7-14)26(2,23)24/h3-10,12H,1-2H3,(H,20,21). The highest BCUT2D eigenvalue weighted by Crippen LogP contribution is 2.13. The van der Waals surface area contributed by atoms with Crippen molar-refractivity contribution < 1.29 is 22.7 Å². The van der Waals surface area contributed by atoms with E-state index in [1.54, 1.807) is 18.2 Å². The van der Waals surface area contributed by atoms with Crippen LogP contribution in [0.2, 0.25) is 0 Å². The van der Waals surface area contributed by atoms with E-state index in [4.69, 9.17) is 10.00 Å². The molecule has 0 radical (unpaired) electrons. The van der Waals surface area contributed by atoms with Gasteiger partial charge in [0.1, 0.15) is 0 Å². The van der Waals surface area contributed by atoms with Crippen LogP contribution in [0.15, 0.2) is 53.4 Å². The summed E-state index contributed by atoms with van der Waals surface area (Å²) in [5, 5.41) is 11.4. The molecule has 0 aliphatic rings. The molecule has 0 fully saturated rings. The van der Waals surface area contributed by atoms with Gasteiger partial charge < -0.3 is 10.1 Å². The molecule has 2 aromatic carbocycles. The van der Waals surface area contributed by atoms with Crippen LogP contribution in [-0.4, -0.2) is 32.7 Å². The average Bonchev–Trinajstić information content (AvgIpc) is 2.61. The molecule has 0 aliphatic carbocycles. The molecule has 1 atom stereocenters. The first-order chi connectivity index (χ1) is 12.2. The molecule has 1 N–H and O–H groups in total. The molecule has 0 saturated carbocycles. The Bertz CT molecular complexity index is 975. The van der Waals surface area contributed by atoms with Crippen LogP contribution in [0.1, 0.15) is 22.8 Å². The predicted octanol–water partition coefficient (Wildman–Crippen LogP) is 2.15. The van der Waals surface area contributed by atoms with E-state index in [0.29, 0.717) is 11.3 Å². The summed E-state index contributed by atoms with van der Waals surface area (Å²) in [4.78, 5) is 24.3. The minimum atomic E-state index is -3.36. The number of carbonyl (C=O) groups excluding carboxylic acids is 2. The molecule has 26 heavy (non-hydrogen) atoms. The summed E-state index contributed by atoms with van der Waals surface area (Å²) in [5.74, 6) is -1.31. The van der Waals surface area contributed by atoms with E-state index in [2.05, 4.69) is 5.32 Å². The fourth-order valence-corrected chi connectivity index (χ4v) is 2.66. The minimum absolute atomic E-state index is 0.0808. The topological polar surface area (TPSA) is 113 Å². The van der Waals surface area contributed by atoms with E-state index in [1.807, 2.05) is 6.07 Å². The maximum absolute atomic E-state index is 12.1. The first kappa shape index (κ1) is 19.1. The van der Waals surface area contributed by atoms with Gasteiger partial charge in [-0.05, 0) is 49.4 Å². The van der Waals surface area contributed by atoms with Gasteiger partial charge in [0, 0.05) is 11.9 Å². The van der Waals surface area contributed by atoms with E-state index >= 15 is 0 Å². The highest BCUT2D eigenvalue weighted by atomic mass is 32.2.